The maximum atomic E-state index is 13.0. The van der Waals surface area contributed by atoms with Crippen molar-refractivity contribution in [2.75, 3.05) is 19.8 Å². The second-order valence-electron chi connectivity index (χ2n) is 5.85. The summed E-state index contributed by atoms with van der Waals surface area (Å²) in [7, 11) is 0. The van der Waals surface area contributed by atoms with Crippen molar-refractivity contribution in [1.29, 1.82) is 0 Å². The topological polar surface area (TPSA) is 77.6 Å². The van der Waals surface area contributed by atoms with Crippen molar-refractivity contribution >= 4 is 12.0 Å². The Bertz CT molecular complexity index is 888. The van der Waals surface area contributed by atoms with Gasteiger partial charge in [-0.25, -0.2) is 9.40 Å². The fourth-order valence-corrected chi connectivity index (χ4v) is 2.49. The van der Waals surface area contributed by atoms with Gasteiger partial charge in [0.2, 0.25) is 6.34 Å². The second-order valence-corrected chi connectivity index (χ2v) is 5.85. The highest BCUT2D eigenvalue weighted by Gasteiger charge is 2.28. The van der Waals surface area contributed by atoms with Gasteiger partial charge in [-0.3, -0.25) is 9.63 Å². The molecule has 2 heterocycles. The van der Waals surface area contributed by atoms with Crippen molar-refractivity contribution in [2.24, 2.45) is 10.8 Å². The summed E-state index contributed by atoms with van der Waals surface area (Å²) in [6.07, 6.45) is 5.11. The Hall–Kier alpha value is -3.05. The fraction of sp³-hybridized carbons (Fsp3) is 0.158. The summed E-state index contributed by atoms with van der Waals surface area (Å²) in [4.78, 5) is 4.02. The summed E-state index contributed by atoms with van der Waals surface area (Å²) < 4.78 is 11.9. The summed E-state index contributed by atoms with van der Waals surface area (Å²) in [5, 5.41) is 18.6. The van der Waals surface area contributed by atoms with Crippen LogP contribution < -0.4 is 10.4 Å². The van der Waals surface area contributed by atoms with Crippen molar-refractivity contribution in [3.05, 3.63) is 77.0 Å². The number of pyridine rings is 1. The van der Waals surface area contributed by atoms with E-state index in [-0.39, 0.29) is 19.8 Å². The van der Waals surface area contributed by atoms with Crippen LogP contribution in [0.2, 0.25) is 0 Å². The number of nitrogens with two attached hydrogens (primary N) is 1. The molecular formula is C19H18FN5O. The molecule has 1 aromatic heterocycles. The van der Waals surface area contributed by atoms with Crippen LogP contribution in [0.25, 0.3) is 0 Å². The molecule has 132 valence electrons. The Morgan fingerprint density at radius 3 is 2.85 bits per heavy atom. The summed E-state index contributed by atoms with van der Waals surface area (Å²) in [5.74, 6) is 6.04. The van der Waals surface area contributed by atoms with Gasteiger partial charge >= 0.3 is 0 Å². The molecule has 1 unspecified atom stereocenters. The molecule has 1 aliphatic heterocycles. The van der Waals surface area contributed by atoms with Gasteiger partial charge in [-0.05, 0) is 23.8 Å². The largest absolute Gasteiger partial charge is 0.620 e. The van der Waals surface area contributed by atoms with Gasteiger partial charge in [0, 0.05) is 42.2 Å². The van der Waals surface area contributed by atoms with Crippen molar-refractivity contribution in [2.45, 2.75) is 0 Å². The first-order valence-electron chi connectivity index (χ1n) is 8.03. The number of hydrogen-bond acceptors (Lipinski definition) is 5. The number of hydroxylamine groups is 2. The van der Waals surface area contributed by atoms with Gasteiger partial charge in [-0.15, -0.1) is 5.10 Å². The Kier molecular flexibility index (Phi) is 5.39. The lowest BCUT2D eigenvalue weighted by molar-refractivity contribution is 0.281. The van der Waals surface area contributed by atoms with E-state index in [2.05, 4.69) is 21.9 Å². The number of aromatic nitrogens is 1. The van der Waals surface area contributed by atoms with Gasteiger partial charge in [0.25, 0.3) is 0 Å². The Balaban J connectivity index is 1.76. The van der Waals surface area contributed by atoms with E-state index < -0.39 is 4.65 Å². The molecule has 1 aromatic carbocycles. The molecule has 0 saturated carbocycles. The molecule has 0 saturated heterocycles. The first kappa shape index (κ1) is 17.8. The molecular weight excluding hydrogens is 333 g/mol. The van der Waals surface area contributed by atoms with Crippen LogP contribution >= 0.6 is 0 Å². The number of hydrazone groups is 1. The van der Waals surface area contributed by atoms with Crippen LogP contribution in [0.5, 0.6) is 0 Å². The molecule has 1 aliphatic rings. The van der Waals surface area contributed by atoms with Crippen LogP contribution in [0.1, 0.15) is 11.1 Å². The zero-order valence-corrected chi connectivity index (χ0v) is 14.0. The number of benzene rings is 1. The molecule has 0 aliphatic carbocycles. The molecule has 0 spiro atoms. The van der Waals surface area contributed by atoms with E-state index in [1.807, 2.05) is 18.2 Å². The van der Waals surface area contributed by atoms with Gasteiger partial charge in [0.1, 0.15) is 5.69 Å². The van der Waals surface area contributed by atoms with Crippen LogP contribution in [-0.4, -0.2) is 36.1 Å². The summed E-state index contributed by atoms with van der Waals surface area (Å²) in [6.45, 7) is 0.323. The normalized spacial score (nSPS) is 19.3. The summed E-state index contributed by atoms with van der Waals surface area (Å²) in [5.41, 5.74) is 7.86. The molecule has 6 nitrogen and oxygen atoms in total. The first-order chi connectivity index (χ1) is 12.6. The lowest BCUT2D eigenvalue weighted by Crippen LogP contribution is -2.43. The highest BCUT2D eigenvalue weighted by Crippen LogP contribution is 2.25. The maximum absolute atomic E-state index is 13.0. The van der Waals surface area contributed by atoms with E-state index >= 15 is 0 Å². The number of nitrogens with zero attached hydrogens (tertiary/aromatic N) is 4. The van der Waals surface area contributed by atoms with Crippen LogP contribution in [0.3, 0.4) is 0 Å². The lowest BCUT2D eigenvalue weighted by Gasteiger charge is -2.34. The minimum absolute atomic E-state index is 0.0524. The quantitative estimate of drug-likeness (QED) is 0.521. The third kappa shape index (κ3) is 4.13. The average molecular weight is 351 g/mol. The second kappa shape index (κ2) is 7.89. The summed E-state index contributed by atoms with van der Waals surface area (Å²) in [6, 6.07) is 10.8. The molecule has 0 bridgehead atoms. The standard InChI is InChI=1S/C19H18FN5O/c20-10-18(11-21)13-24-15-25(26,14-23-24)19-5-1-3-16(9-19)6-7-17-4-2-8-22-12-17/h1-5,8-10,12,14H,11,13,15,21H2/b18-10+. The lowest BCUT2D eigenvalue weighted by atomic mass is 10.1. The van der Waals surface area contributed by atoms with E-state index in [0.29, 0.717) is 17.6 Å². The van der Waals surface area contributed by atoms with E-state index in [9.17, 15) is 9.60 Å². The van der Waals surface area contributed by atoms with E-state index in [4.69, 9.17) is 5.73 Å². The van der Waals surface area contributed by atoms with Crippen LogP contribution in [-0.2, 0) is 0 Å². The van der Waals surface area contributed by atoms with E-state index in [1.165, 1.54) is 11.3 Å². The smallest absolute Gasteiger partial charge is 0.214 e. The molecule has 26 heavy (non-hydrogen) atoms. The van der Waals surface area contributed by atoms with E-state index in [0.717, 1.165) is 11.1 Å². The van der Waals surface area contributed by atoms with Crippen LogP contribution in [0.4, 0.5) is 10.1 Å². The molecule has 2 aromatic rings. The zero-order valence-electron chi connectivity index (χ0n) is 14.0. The van der Waals surface area contributed by atoms with E-state index in [1.54, 1.807) is 30.6 Å². The number of hydrogen-bond donors (Lipinski definition) is 1. The van der Waals surface area contributed by atoms with Gasteiger partial charge in [0.05, 0.1) is 12.9 Å². The number of rotatable bonds is 4. The first-order valence-corrected chi connectivity index (χ1v) is 8.03. The summed E-state index contributed by atoms with van der Waals surface area (Å²) >= 11 is 0. The van der Waals surface area contributed by atoms with Gasteiger partial charge in [0.15, 0.2) is 6.67 Å². The number of quaternary nitrogens is 1. The third-order valence-corrected chi connectivity index (χ3v) is 3.87. The van der Waals surface area contributed by atoms with Crippen molar-refractivity contribution in [3.63, 3.8) is 0 Å². The molecule has 0 fully saturated rings. The molecule has 0 radical (unpaired) electrons. The highest BCUT2D eigenvalue weighted by atomic mass is 19.1. The minimum atomic E-state index is -0.757. The Labute approximate surface area is 151 Å². The molecule has 0 amide bonds. The number of halogens is 1. The average Bonchev–Trinajstić information content (AvgIpc) is 3.07. The van der Waals surface area contributed by atoms with Crippen molar-refractivity contribution in [1.82, 2.24) is 14.6 Å². The predicted molar refractivity (Wildman–Crippen MR) is 100 cm³/mol. The molecule has 1 atom stereocenters. The minimum Gasteiger partial charge on any atom is -0.620 e. The molecule has 2 N–H and O–H groups in total. The third-order valence-electron chi connectivity index (χ3n) is 3.87. The van der Waals surface area contributed by atoms with Gasteiger partial charge in [-0.1, -0.05) is 17.9 Å². The Morgan fingerprint density at radius 2 is 2.12 bits per heavy atom. The van der Waals surface area contributed by atoms with Crippen molar-refractivity contribution < 1.29 is 4.39 Å². The highest BCUT2D eigenvalue weighted by molar-refractivity contribution is 5.76. The monoisotopic (exact) mass is 351 g/mol. The molecule has 3 rings (SSSR count). The van der Waals surface area contributed by atoms with Gasteiger partial charge < -0.3 is 10.9 Å². The van der Waals surface area contributed by atoms with Gasteiger partial charge in [-0.2, -0.15) is 0 Å². The van der Waals surface area contributed by atoms with Crippen LogP contribution in [0, 0.1) is 17.0 Å². The SMILES string of the molecule is NC/C(=C\F)CN1C[N+]([O-])(c2cccc(C#Cc3cccnc3)c2)C=N1. The molecule has 7 heteroatoms. The predicted octanol–water partition coefficient (Wildman–Crippen LogP) is 2.32. The van der Waals surface area contributed by atoms with Crippen molar-refractivity contribution in [3.8, 4) is 11.8 Å². The van der Waals surface area contributed by atoms with Crippen LogP contribution in [0.15, 0.2) is 65.8 Å². The zero-order chi connectivity index (χ0) is 18.4. The fourth-order valence-electron chi connectivity index (χ4n) is 2.49. The Morgan fingerprint density at radius 1 is 1.31 bits per heavy atom. The maximum Gasteiger partial charge on any atom is 0.214 e.